The summed E-state index contributed by atoms with van der Waals surface area (Å²) in [5, 5.41) is 8.24. The number of hydrogen-bond acceptors (Lipinski definition) is 8. The zero-order valence-corrected chi connectivity index (χ0v) is 16.2. The number of rotatable bonds is 8. The molecule has 0 aromatic carbocycles. The van der Waals surface area contributed by atoms with Crippen LogP contribution in [0, 0.1) is 0 Å². The Hall–Kier alpha value is -2.42. The Balaban J connectivity index is 1.51. The van der Waals surface area contributed by atoms with Gasteiger partial charge >= 0.3 is 0 Å². The molecule has 3 atom stereocenters. The summed E-state index contributed by atoms with van der Waals surface area (Å²) in [4.78, 5) is 8.87. The van der Waals surface area contributed by atoms with Crippen LogP contribution in [0.2, 0.25) is 0 Å². The molecule has 1 unspecified atom stereocenters. The summed E-state index contributed by atoms with van der Waals surface area (Å²) in [5.41, 5.74) is 0. The number of hydrogen-bond donors (Lipinski definition) is 3. The normalized spacial score (nSPS) is 22.4. The highest BCUT2D eigenvalue weighted by Crippen LogP contribution is 2.34. The number of nitrogens with one attached hydrogen (secondary N) is 2. The molecule has 2 aromatic heterocycles. The highest BCUT2D eigenvalue weighted by Gasteiger charge is 2.26. The van der Waals surface area contributed by atoms with E-state index < -0.39 is 0 Å². The summed E-state index contributed by atoms with van der Waals surface area (Å²) in [7, 11) is 0. The average Bonchev–Trinajstić information content (AvgIpc) is 3.19. The van der Waals surface area contributed by atoms with Crippen molar-refractivity contribution in [1.82, 2.24) is 20.6 Å². The fourth-order valence-corrected chi connectivity index (χ4v) is 3.51. The monoisotopic (exact) mass is 384 g/mol. The summed E-state index contributed by atoms with van der Waals surface area (Å²) in [5.74, 6) is 8.69. The minimum Gasteiger partial charge on any atom is -0.488 e. The Kier molecular flexibility index (Phi) is 5.90. The van der Waals surface area contributed by atoms with Crippen molar-refractivity contribution in [3.8, 4) is 11.5 Å². The van der Waals surface area contributed by atoms with Crippen molar-refractivity contribution in [2.24, 2.45) is 5.84 Å². The predicted molar refractivity (Wildman–Crippen MR) is 108 cm³/mol. The smallest absolute Gasteiger partial charge is 0.191 e. The second-order valence-corrected chi connectivity index (χ2v) is 7.30. The van der Waals surface area contributed by atoms with Gasteiger partial charge in [-0.3, -0.25) is 0 Å². The predicted octanol–water partition coefficient (Wildman–Crippen LogP) is 1.75. The Morgan fingerprint density at radius 2 is 1.82 bits per heavy atom. The standard InChI is InChI=1S/C20H28N6O2/c1-14(16-8-12-23-16)28-18-7-4-11-25-20(18)26(21)19-17(6-3-10-24-19)27-13-15-5-2-9-22-15/h3-4,6-7,10-11,14-16,22-23H,2,5,8-9,12-13,21H2,1H3/t14?,15-,16-/m0/s1. The first-order valence-corrected chi connectivity index (χ1v) is 9.93. The van der Waals surface area contributed by atoms with E-state index in [1.807, 2.05) is 24.3 Å². The van der Waals surface area contributed by atoms with Crippen molar-refractivity contribution in [3.63, 3.8) is 0 Å². The maximum atomic E-state index is 6.42. The van der Waals surface area contributed by atoms with Crippen LogP contribution in [0.1, 0.15) is 26.2 Å². The average molecular weight is 384 g/mol. The van der Waals surface area contributed by atoms with Crippen molar-refractivity contribution in [2.75, 3.05) is 24.7 Å². The highest BCUT2D eigenvalue weighted by molar-refractivity contribution is 5.65. The van der Waals surface area contributed by atoms with Crippen molar-refractivity contribution in [1.29, 1.82) is 0 Å². The second kappa shape index (κ2) is 8.72. The van der Waals surface area contributed by atoms with Crippen LogP contribution >= 0.6 is 0 Å². The van der Waals surface area contributed by atoms with Gasteiger partial charge in [0.2, 0.25) is 0 Å². The second-order valence-electron chi connectivity index (χ2n) is 7.30. The van der Waals surface area contributed by atoms with Crippen LogP contribution in [-0.2, 0) is 0 Å². The first-order valence-electron chi connectivity index (χ1n) is 9.93. The van der Waals surface area contributed by atoms with Gasteiger partial charge in [0.05, 0.1) is 0 Å². The van der Waals surface area contributed by atoms with Gasteiger partial charge in [0.15, 0.2) is 23.1 Å². The molecule has 4 N–H and O–H groups in total. The van der Waals surface area contributed by atoms with Crippen molar-refractivity contribution >= 4 is 11.6 Å². The molecule has 2 aromatic rings. The summed E-state index contributed by atoms with van der Waals surface area (Å²) in [6, 6.07) is 8.16. The van der Waals surface area contributed by atoms with Crippen LogP contribution < -0.4 is 31.0 Å². The molecular formula is C20H28N6O2. The largest absolute Gasteiger partial charge is 0.488 e. The Bertz CT molecular complexity index is 779. The van der Waals surface area contributed by atoms with E-state index in [9.17, 15) is 0 Å². The molecule has 0 amide bonds. The Morgan fingerprint density at radius 1 is 1.11 bits per heavy atom. The molecule has 0 saturated carbocycles. The number of hydrazine groups is 1. The lowest BCUT2D eigenvalue weighted by atomic mass is 10.0. The van der Waals surface area contributed by atoms with Gasteiger partial charge in [0.1, 0.15) is 12.7 Å². The molecular weight excluding hydrogens is 356 g/mol. The first kappa shape index (κ1) is 18.9. The number of nitrogens with two attached hydrogens (primary N) is 1. The zero-order valence-electron chi connectivity index (χ0n) is 16.2. The van der Waals surface area contributed by atoms with E-state index in [0.717, 1.165) is 25.9 Å². The van der Waals surface area contributed by atoms with Crippen LogP contribution in [0.5, 0.6) is 11.5 Å². The van der Waals surface area contributed by atoms with Crippen molar-refractivity contribution in [2.45, 2.75) is 44.4 Å². The molecule has 28 heavy (non-hydrogen) atoms. The van der Waals surface area contributed by atoms with Crippen LogP contribution in [0.25, 0.3) is 0 Å². The van der Waals surface area contributed by atoms with Gasteiger partial charge in [0.25, 0.3) is 0 Å². The topological polar surface area (TPSA) is 97.6 Å². The lowest BCUT2D eigenvalue weighted by Crippen LogP contribution is -2.51. The maximum absolute atomic E-state index is 6.42. The summed E-state index contributed by atoms with van der Waals surface area (Å²) in [6.07, 6.45) is 6.82. The highest BCUT2D eigenvalue weighted by atomic mass is 16.5. The summed E-state index contributed by atoms with van der Waals surface area (Å²) >= 11 is 0. The van der Waals surface area contributed by atoms with E-state index in [1.54, 1.807) is 12.4 Å². The van der Waals surface area contributed by atoms with Crippen molar-refractivity contribution in [3.05, 3.63) is 36.7 Å². The van der Waals surface area contributed by atoms with E-state index in [4.69, 9.17) is 15.3 Å². The molecule has 4 rings (SSSR count). The Labute approximate surface area is 165 Å². The molecule has 0 spiro atoms. The van der Waals surface area contributed by atoms with Crippen LogP contribution in [0.3, 0.4) is 0 Å². The lowest BCUT2D eigenvalue weighted by Gasteiger charge is -2.33. The van der Waals surface area contributed by atoms with Gasteiger partial charge in [-0.05, 0) is 63.5 Å². The molecule has 2 saturated heterocycles. The molecule has 2 aliphatic rings. The molecule has 2 fully saturated rings. The maximum Gasteiger partial charge on any atom is 0.191 e. The number of nitrogens with zero attached hydrogens (tertiary/aromatic N) is 3. The number of anilines is 2. The molecule has 8 heteroatoms. The molecule has 0 bridgehead atoms. The quantitative estimate of drug-likeness (QED) is 0.468. The molecule has 8 nitrogen and oxygen atoms in total. The summed E-state index contributed by atoms with van der Waals surface area (Å²) in [6.45, 7) is 4.71. The van der Waals surface area contributed by atoms with Gasteiger partial charge < -0.3 is 20.1 Å². The van der Waals surface area contributed by atoms with Crippen LogP contribution in [0.4, 0.5) is 11.6 Å². The van der Waals surface area contributed by atoms with E-state index in [0.29, 0.717) is 41.8 Å². The van der Waals surface area contributed by atoms with E-state index in [1.165, 1.54) is 11.4 Å². The SMILES string of the molecule is CC(Oc1cccnc1N(N)c1ncccc1OC[C@@H]1CCCN1)[C@@H]1CCN1. The molecule has 2 aliphatic heterocycles. The molecule has 4 heterocycles. The van der Waals surface area contributed by atoms with Gasteiger partial charge in [-0.2, -0.15) is 0 Å². The third-order valence-electron chi connectivity index (χ3n) is 5.30. The molecule has 0 radical (unpaired) electrons. The lowest BCUT2D eigenvalue weighted by molar-refractivity contribution is 0.133. The fraction of sp³-hybridized carbons (Fsp3) is 0.500. The van der Waals surface area contributed by atoms with Crippen molar-refractivity contribution < 1.29 is 9.47 Å². The Morgan fingerprint density at radius 3 is 2.46 bits per heavy atom. The van der Waals surface area contributed by atoms with E-state index >= 15 is 0 Å². The summed E-state index contributed by atoms with van der Waals surface area (Å²) < 4.78 is 12.2. The fourth-order valence-electron chi connectivity index (χ4n) is 3.51. The van der Waals surface area contributed by atoms with E-state index in [-0.39, 0.29) is 6.10 Å². The number of aromatic nitrogens is 2. The van der Waals surface area contributed by atoms with Gasteiger partial charge in [-0.1, -0.05) is 0 Å². The molecule has 0 aliphatic carbocycles. The number of pyridine rings is 2. The molecule has 150 valence electrons. The number of ether oxygens (including phenoxy) is 2. The first-order chi connectivity index (χ1) is 13.7. The van der Waals surface area contributed by atoms with Crippen LogP contribution in [0.15, 0.2) is 36.7 Å². The van der Waals surface area contributed by atoms with Crippen LogP contribution in [-0.4, -0.2) is 47.9 Å². The van der Waals surface area contributed by atoms with E-state index in [2.05, 4.69) is 27.5 Å². The van der Waals surface area contributed by atoms with Gasteiger partial charge in [-0.25, -0.2) is 20.8 Å². The van der Waals surface area contributed by atoms with Gasteiger partial charge in [0, 0.05) is 24.5 Å². The third kappa shape index (κ3) is 4.19. The zero-order chi connectivity index (χ0) is 19.3. The third-order valence-corrected chi connectivity index (χ3v) is 5.30. The minimum atomic E-state index is 0.0259. The van der Waals surface area contributed by atoms with Gasteiger partial charge in [-0.15, -0.1) is 0 Å². The minimum absolute atomic E-state index is 0.0259.